The summed E-state index contributed by atoms with van der Waals surface area (Å²) in [4.78, 5) is 17.6. The fourth-order valence-corrected chi connectivity index (χ4v) is 2.97. The molecule has 1 heterocycles. The number of amides is 1. The predicted octanol–water partition coefficient (Wildman–Crippen LogP) is 2.73. The van der Waals surface area contributed by atoms with Crippen LogP contribution < -0.4 is 5.32 Å². The lowest BCUT2D eigenvalue weighted by Gasteiger charge is -2.17. The lowest BCUT2D eigenvalue weighted by Crippen LogP contribution is -2.36. The maximum absolute atomic E-state index is 12.2. The molecule has 0 fully saturated rings. The number of carbonyl (C=O) groups is 1. The normalized spacial score (nSPS) is 16.4. The SMILES string of the molecule is COCCNC(=O)[C@H]1CC(C(c2ccccc2)c2ccccc2)=NO1. The summed E-state index contributed by atoms with van der Waals surface area (Å²) in [5.41, 5.74) is 3.14. The molecule has 1 amide bonds. The fraction of sp³-hybridized carbons (Fsp3) is 0.300. The van der Waals surface area contributed by atoms with Gasteiger partial charge in [0.25, 0.3) is 5.91 Å². The van der Waals surface area contributed by atoms with Crippen molar-refractivity contribution in [3.63, 3.8) is 0 Å². The number of oxime groups is 1. The molecule has 0 bridgehead atoms. The molecular formula is C20H22N2O3. The van der Waals surface area contributed by atoms with E-state index in [1.807, 2.05) is 36.4 Å². The molecule has 1 atom stereocenters. The lowest BCUT2D eigenvalue weighted by atomic mass is 9.85. The number of methoxy groups -OCH3 is 1. The van der Waals surface area contributed by atoms with Crippen LogP contribution in [0.5, 0.6) is 0 Å². The van der Waals surface area contributed by atoms with Gasteiger partial charge in [-0.15, -0.1) is 0 Å². The van der Waals surface area contributed by atoms with Gasteiger partial charge in [0.2, 0.25) is 6.10 Å². The summed E-state index contributed by atoms with van der Waals surface area (Å²) in [7, 11) is 1.60. The Morgan fingerprint density at radius 3 is 2.32 bits per heavy atom. The predicted molar refractivity (Wildman–Crippen MR) is 96.5 cm³/mol. The highest BCUT2D eigenvalue weighted by molar-refractivity contribution is 5.98. The van der Waals surface area contributed by atoms with Crippen LogP contribution in [0.1, 0.15) is 23.5 Å². The van der Waals surface area contributed by atoms with Crippen LogP contribution in [0, 0.1) is 0 Å². The van der Waals surface area contributed by atoms with E-state index in [-0.39, 0.29) is 11.8 Å². The van der Waals surface area contributed by atoms with Crippen LogP contribution in [0.25, 0.3) is 0 Å². The van der Waals surface area contributed by atoms with Crippen molar-refractivity contribution >= 4 is 11.6 Å². The lowest BCUT2D eigenvalue weighted by molar-refractivity contribution is -0.131. The molecule has 0 radical (unpaired) electrons. The molecule has 0 saturated carbocycles. The molecular weight excluding hydrogens is 316 g/mol. The van der Waals surface area contributed by atoms with Gasteiger partial charge in [-0.05, 0) is 11.1 Å². The van der Waals surface area contributed by atoms with Crippen molar-refractivity contribution in [2.24, 2.45) is 5.16 Å². The van der Waals surface area contributed by atoms with Gasteiger partial charge in [-0.3, -0.25) is 4.79 Å². The summed E-state index contributed by atoms with van der Waals surface area (Å²) < 4.78 is 4.95. The van der Waals surface area contributed by atoms with Crippen LogP contribution in [0.2, 0.25) is 0 Å². The smallest absolute Gasteiger partial charge is 0.264 e. The number of hydrogen-bond acceptors (Lipinski definition) is 4. The third-order valence-electron chi connectivity index (χ3n) is 4.19. The average molecular weight is 338 g/mol. The minimum Gasteiger partial charge on any atom is -0.383 e. The molecule has 0 aromatic heterocycles. The highest BCUT2D eigenvalue weighted by Gasteiger charge is 2.33. The van der Waals surface area contributed by atoms with Crippen LogP contribution in [-0.2, 0) is 14.4 Å². The van der Waals surface area contributed by atoms with Crippen molar-refractivity contribution in [2.75, 3.05) is 20.3 Å². The maximum atomic E-state index is 12.2. The molecule has 2 aromatic rings. The van der Waals surface area contributed by atoms with Crippen LogP contribution in [0.3, 0.4) is 0 Å². The zero-order valence-corrected chi connectivity index (χ0v) is 14.2. The summed E-state index contributed by atoms with van der Waals surface area (Å²) in [6, 6.07) is 20.3. The van der Waals surface area contributed by atoms with Crippen molar-refractivity contribution in [3.8, 4) is 0 Å². The Morgan fingerprint density at radius 2 is 1.76 bits per heavy atom. The van der Waals surface area contributed by atoms with Gasteiger partial charge < -0.3 is 14.9 Å². The number of carbonyl (C=O) groups excluding carboxylic acids is 1. The first-order valence-corrected chi connectivity index (χ1v) is 8.38. The van der Waals surface area contributed by atoms with Crippen LogP contribution in [-0.4, -0.2) is 38.0 Å². The minimum absolute atomic E-state index is 0.0147. The Hall–Kier alpha value is -2.66. The zero-order valence-electron chi connectivity index (χ0n) is 14.2. The van der Waals surface area contributed by atoms with Gasteiger partial charge in [0.05, 0.1) is 18.2 Å². The number of nitrogens with zero attached hydrogens (tertiary/aromatic N) is 1. The first kappa shape index (κ1) is 17.2. The second kappa shape index (κ2) is 8.44. The van der Waals surface area contributed by atoms with E-state index in [0.29, 0.717) is 19.6 Å². The summed E-state index contributed by atoms with van der Waals surface area (Å²) in [5, 5.41) is 7.05. The van der Waals surface area contributed by atoms with Gasteiger partial charge in [-0.2, -0.15) is 0 Å². The Kier molecular flexibility index (Phi) is 5.80. The number of hydrogen-bond donors (Lipinski definition) is 1. The number of ether oxygens (including phenoxy) is 1. The first-order valence-electron chi connectivity index (χ1n) is 8.38. The van der Waals surface area contributed by atoms with E-state index in [0.717, 1.165) is 16.8 Å². The van der Waals surface area contributed by atoms with Crippen molar-refractivity contribution in [1.82, 2.24) is 5.32 Å². The van der Waals surface area contributed by atoms with Crippen molar-refractivity contribution in [2.45, 2.75) is 18.4 Å². The summed E-state index contributed by atoms with van der Waals surface area (Å²) >= 11 is 0. The summed E-state index contributed by atoms with van der Waals surface area (Å²) in [6.07, 6.45) is -0.102. The molecule has 5 heteroatoms. The first-order chi connectivity index (χ1) is 12.3. The van der Waals surface area contributed by atoms with E-state index in [9.17, 15) is 4.79 Å². The van der Waals surface area contributed by atoms with Gasteiger partial charge in [-0.25, -0.2) is 0 Å². The topological polar surface area (TPSA) is 59.9 Å². The number of benzene rings is 2. The molecule has 2 aromatic carbocycles. The maximum Gasteiger partial charge on any atom is 0.264 e. The van der Waals surface area contributed by atoms with E-state index in [1.165, 1.54) is 0 Å². The largest absolute Gasteiger partial charge is 0.383 e. The van der Waals surface area contributed by atoms with Gasteiger partial charge in [0, 0.05) is 20.1 Å². The molecule has 1 N–H and O–H groups in total. The highest BCUT2D eigenvalue weighted by Crippen LogP contribution is 2.31. The van der Waals surface area contributed by atoms with Gasteiger partial charge >= 0.3 is 0 Å². The summed E-state index contributed by atoms with van der Waals surface area (Å²) in [5.74, 6) is -0.171. The second-order valence-electron chi connectivity index (χ2n) is 5.92. The molecule has 0 unspecified atom stereocenters. The Morgan fingerprint density at radius 1 is 1.16 bits per heavy atom. The van der Waals surface area contributed by atoms with Crippen LogP contribution >= 0.6 is 0 Å². The highest BCUT2D eigenvalue weighted by atomic mass is 16.6. The molecule has 5 nitrogen and oxygen atoms in total. The molecule has 0 spiro atoms. The molecule has 130 valence electrons. The third-order valence-corrected chi connectivity index (χ3v) is 4.19. The third kappa shape index (κ3) is 4.25. The molecule has 25 heavy (non-hydrogen) atoms. The number of rotatable bonds is 7. The molecule has 3 rings (SSSR count). The minimum atomic E-state index is -0.582. The fourth-order valence-electron chi connectivity index (χ4n) is 2.97. The molecule has 0 aliphatic carbocycles. The molecule has 1 aliphatic rings. The van der Waals surface area contributed by atoms with Crippen molar-refractivity contribution in [1.29, 1.82) is 0 Å². The van der Waals surface area contributed by atoms with Gasteiger partial charge in [0.15, 0.2) is 0 Å². The molecule has 0 saturated heterocycles. The van der Waals surface area contributed by atoms with E-state index in [2.05, 4.69) is 34.7 Å². The number of nitrogens with one attached hydrogen (secondary N) is 1. The summed E-state index contributed by atoms with van der Waals surface area (Å²) in [6.45, 7) is 0.939. The van der Waals surface area contributed by atoms with E-state index in [4.69, 9.17) is 9.57 Å². The van der Waals surface area contributed by atoms with Crippen molar-refractivity contribution < 1.29 is 14.4 Å². The van der Waals surface area contributed by atoms with Crippen molar-refractivity contribution in [3.05, 3.63) is 71.8 Å². The van der Waals surface area contributed by atoms with E-state index in [1.54, 1.807) is 7.11 Å². The van der Waals surface area contributed by atoms with Crippen LogP contribution in [0.15, 0.2) is 65.8 Å². The van der Waals surface area contributed by atoms with Gasteiger partial charge in [-0.1, -0.05) is 65.8 Å². The molecule has 1 aliphatic heterocycles. The standard InChI is InChI=1S/C20H22N2O3/c1-24-13-12-21-20(23)18-14-17(22-25-18)19(15-8-4-2-5-9-15)16-10-6-3-7-11-16/h2-11,18-19H,12-14H2,1H3,(H,21,23)/t18-/m1/s1. The van der Waals surface area contributed by atoms with Gasteiger partial charge in [0.1, 0.15) is 0 Å². The zero-order chi connectivity index (χ0) is 17.5. The Labute approximate surface area is 147 Å². The van der Waals surface area contributed by atoms with Crippen LogP contribution in [0.4, 0.5) is 0 Å². The Balaban J connectivity index is 1.76. The van der Waals surface area contributed by atoms with E-state index >= 15 is 0 Å². The second-order valence-corrected chi connectivity index (χ2v) is 5.92. The monoisotopic (exact) mass is 338 g/mol. The average Bonchev–Trinajstić information content (AvgIpc) is 3.14. The van der Waals surface area contributed by atoms with E-state index < -0.39 is 6.10 Å². The quantitative estimate of drug-likeness (QED) is 0.790. The Bertz CT molecular complexity index is 677.